The summed E-state index contributed by atoms with van der Waals surface area (Å²) in [4.78, 5) is 24.0. The van der Waals surface area contributed by atoms with Crippen molar-refractivity contribution in [3.63, 3.8) is 0 Å². The first-order chi connectivity index (χ1) is 12.0. The number of anilines is 1. The molecule has 0 aromatic heterocycles. The second kappa shape index (κ2) is 8.87. The number of carbonyl (C=O) groups excluding carboxylic acids is 2. The molecule has 2 amide bonds. The minimum atomic E-state index is -0.306. The van der Waals surface area contributed by atoms with E-state index in [0.717, 1.165) is 28.1 Å². The Bertz CT molecular complexity index is 719. The zero-order chi connectivity index (χ0) is 18.2. The van der Waals surface area contributed by atoms with E-state index in [-0.39, 0.29) is 18.2 Å². The van der Waals surface area contributed by atoms with E-state index in [1.54, 1.807) is 7.11 Å². The molecule has 0 aliphatic carbocycles. The highest BCUT2D eigenvalue weighted by Crippen LogP contribution is 2.19. The third-order valence-corrected chi connectivity index (χ3v) is 3.96. The average molecular weight is 340 g/mol. The van der Waals surface area contributed by atoms with Crippen molar-refractivity contribution >= 4 is 17.5 Å². The zero-order valence-corrected chi connectivity index (χ0v) is 14.9. The number of rotatable bonds is 7. The van der Waals surface area contributed by atoms with Crippen molar-refractivity contribution in [2.24, 2.45) is 0 Å². The van der Waals surface area contributed by atoms with Crippen LogP contribution in [0.5, 0.6) is 5.75 Å². The van der Waals surface area contributed by atoms with Crippen molar-refractivity contribution in [1.82, 2.24) is 5.32 Å². The Hall–Kier alpha value is -2.82. The number of aryl methyl sites for hydroxylation is 2. The lowest BCUT2D eigenvalue weighted by Gasteiger charge is -2.11. The number of amides is 2. The smallest absolute Gasteiger partial charge is 0.233 e. The third kappa shape index (κ3) is 5.64. The van der Waals surface area contributed by atoms with Gasteiger partial charge in [0.15, 0.2) is 0 Å². The first-order valence-electron chi connectivity index (χ1n) is 8.25. The topological polar surface area (TPSA) is 67.4 Å². The summed E-state index contributed by atoms with van der Waals surface area (Å²) in [5, 5.41) is 5.59. The van der Waals surface area contributed by atoms with Crippen molar-refractivity contribution in [2.45, 2.75) is 26.7 Å². The molecule has 2 rings (SSSR count). The van der Waals surface area contributed by atoms with Gasteiger partial charge in [0.25, 0.3) is 0 Å². The Balaban J connectivity index is 1.76. The van der Waals surface area contributed by atoms with Gasteiger partial charge in [0.2, 0.25) is 11.8 Å². The summed E-state index contributed by atoms with van der Waals surface area (Å²) in [6.45, 7) is 4.34. The molecule has 0 aliphatic rings. The molecule has 0 aliphatic heterocycles. The van der Waals surface area contributed by atoms with Gasteiger partial charge >= 0.3 is 0 Å². The van der Waals surface area contributed by atoms with Crippen molar-refractivity contribution in [3.05, 3.63) is 59.2 Å². The molecule has 2 aromatic rings. The second-order valence-corrected chi connectivity index (χ2v) is 5.94. The molecule has 0 atom stereocenters. The Morgan fingerprint density at radius 1 is 0.960 bits per heavy atom. The highest BCUT2D eigenvalue weighted by atomic mass is 16.5. The number of benzene rings is 2. The number of para-hydroxylation sites is 1. The maximum Gasteiger partial charge on any atom is 0.233 e. The molecule has 25 heavy (non-hydrogen) atoms. The minimum Gasteiger partial charge on any atom is -0.497 e. The van der Waals surface area contributed by atoms with Crippen LogP contribution in [0, 0.1) is 13.8 Å². The molecule has 0 saturated heterocycles. The number of hydrogen-bond donors (Lipinski definition) is 2. The standard InChI is InChI=1S/C20H24N2O3/c1-14-5-4-6-15(2)20(14)22-19(24)13-18(23)21-12-11-16-7-9-17(25-3)10-8-16/h4-10H,11-13H2,1-3H3,(H,21,23)(H,22,24). The summed E-state index contributed by atoms with van der Waals surface area (Å²) in [5.41, 5.74) is 3.83. The van der Waals surface area contributed by atoms with Crippen molar-refractivity contribution in [3.8, 4) is 5.75 Å². The van der Waals surface area contributed by atoms with Crippen molar-refractivity contribution in [1.29, 1.82) is 0 Å². The quantitative estimate of drug-likeness (QED) is 0.762. The summed E-state index contributed by atoms with van der Waals surface area (Å²) in [7, 11) is 1.62. The van der Waals surface area contributed by atoms with Crippen LogP contribution in [-0.2, 0) is 16.0 Å². The van der Waals surface area contributed by atoms with Crippen LogP contribution in [-0.4, -0.2) is 25.5 Å². The van der Waals surface area contributed by atoms with Crippen molar-refractivity contribution in [2.75, 3.05) is 19.0 Å². The summed E-state index contributed by atoms with van der Waals surface area (Å²) >= 11 is 0. The van der Waals surface area contributed by atoms with Crippen LogP contribution in [0.15, 0.2) is 42.5 Å². The van der Waals surface area contributed by atoms with Gasteiger partial charge < -0.3 is 15.4 Å². The number of carbonyl (C=O) groups is 2. The SMILES string of the molecule is COc1ccc(CCNC(=O)CC(=O)Nc2c(C)cccc2C)cc1. The van der Waals surface area contributed by atoms with Gasteiger partial charge in [-0.05, 0) is 49.1 Å². The number of methoxy groups -OCH3 is 1. The molecule has 0 fully saturated rings. The van der Waals surface area contributed by atoms with Crippen LogP contribution in [0.3, 0.4) is 0 Å². The largest absolute Gasteiger partial charge is 0.497 e. The average Bonchev–Trinajstić information content (AvgIpc) is 2.59. The zero-order valence-electron chi connectivity index (χ0n) is 14.9. The van der Waals surface area contributed by atoms with E-state index in [2.05, 4.69) is 10.6 Å². The van der Waals surface area contributed by atoms with Gasteiger partial charge in [-0.3, -0.25) is 9.59 Å². The van der Waals surface area contributed by atoms with Gasteiger partial charge in [0.1, 0.15) is 12.2 Å². The highest BCUT2D eigenvalue weighted by Gasteiger charge is 2.11. The number of nitrogens with one attached hydrogen (secondary N) is 2. The van der Waals surface area contributed by atoms with Crippen LogP contribution >= 0.6 is 0 Å². The molecule has 2 N–H and O–H groups in total. The van der Waals surface area contributed by atoms with Crippen LogP contribution in [0.25, 0.3) is 0 Å². The summed E-state index contributed by atoms with van der Waals surface area (Å²) in [5.74, 6) is 0.215. The maximum atomic E-state index is 12.0. The first-order valence-corrected chi connectivity index (χ1v) is 8.25. The molecular formula is C20H24N2O3. The molecule has 5 nitrogen and oxygen atoms in total. The van der Waals surface area contributed by atoms with Gasteiger partial charge in [-0.25, -0.2) is 0 Å². The first kappa shape index (κ1) is 18.5. The summed E-state index contributed by atoms with van der Waals surface area (Å²) in [6.07, 6.45) is 0.518. The fraction of sp³-hybridized carbons (Fsp3) is 0.300. The van der Waals surface area contributed by atoms with E-state index in [4.69, 9.17) is 4.74 Å². The van der Waals surface area contributed by atoms with Crippen LogP contribution in [0.4, 0.5) is 5.69 Å². The molecular weight excluding hydrogens is 316 g/mol. The molecule has 0 unspecified atom stereocenters. The Labute approximate surface area is 148 Å². The lowest BCUT2D eigenvalue weighted by molar-refractivity contribution is -0.126. The van der Waals surface area contributed by atoms with E-state index in [0.29, 0.717) is 13.0 Å². The molecule has 0 spiro atoms. The monoisotopic (exact) mass is 340 g/mol. The summed E-state index contributed by atoms with van der Waals surface area (Å²) in [6, 6.07) is 13.5. The maximum absolute atomic E-state index is 12.0. The van der Waals surface area contributed by atoms with Crippen LogP contribution in [0.2, 0.25) is 0 Å². The van der Waals surface area contributed by atoms with Gasteiger partial charge in [-0.1, -0.05) is 30.3 Å². The highest BCUT2D eigenvalue weighted by molar-refractivity contribution is 6.04. The van der Waals surface area contributed by atoms with E-state index < -0.39 is 0 Å². The lowest BCUT2D eigenvalue weighted by atomic mass is 10.1. The molecule has 0 radical (unpaired) electrons. The molecule has 0 bridgehead atoms. The van der Waals surface area contributed by atoms with E-state index >= 15 is 0 Å². The fourth-order valence-corrected chi connectivity index (χ4v) is 2.54. The third-order valence-electron chi connectivity index (χ3n) is 3.96. The van der Waals surface area contributed by atoms with Crippen molar-refractivity contribution < 1.29 is 14.3 Å². The van der Waals surface area contributed by atoms with Gasteiger partial charge in [-0.2, -0.15) is 0 Å². The Morgan fingerprint density at radius 2 is 1.60 bits per heavy atom. The minimum absolute atomic E-state index is 0.184. The fourth-order valence-electron chi connectivity index (χ4n) is 2.54. The number of hydrogen-bond acceptors (Lipinski definition) is 3. The van der Waals surface area contributed by atoms with Crippen LogP contribution in [0.1, 0.15) is 23.1 Å². The molecule has 2 aromatic carbocycles. The Kier molecular flexibility index (Phi) is 6.57. The van der Waals surface area contributed by atoms with Gasteiger partial charge in [0, 0.05) is 12.2 Å². The second-order valence-electron chi connectivity index (χ2n) is 5.94. The van der Waals surface area contributed by atoms with Gasteiger partial charge in [-0.15, -0.1) is 0 Å². The number of ether oxygens (including phenoxy) is 1. The van der Waals surface area contributed by atoms with E-state index in [1.165, 1.54) is 0 Å². The summed E-state index contributed by atoms with van der Waals surface area (Å²) < 4.78 is 5.11. The van der Waals surface area contributed by atoms with Gasteiger partial charge in [0.05, 0.1) is 7.11 Å². The predicted octanol–water partition coefficient (Wildman–Crippen LogP) is 3.00. The molecule has 132 valence electrons. The molecule has 0 saturated carbocycles. The normalized spacial score (nSPS) is 10.2. The molecule has 0 heterocycles. The van der Waals surface area contributed by atoms with Crippen LogP contribution < -0.4 is 15.4 Å². The molecule has 5 heteroatoms. The predicted molar refractivity (Wildman–Crippen MR) is 98.9 cm³/mol. The van der Waals surface area contributed by atoms with E-state index in [9.17, 15) is 9.59 Å². The lowest BCUT2D eigenvalue weighted by Crippen LogP contribution is -2.29. The van der Waals surface area contributed by atoms with E-state index in [1.807, 2.05) is 56.3 Å². The Morgan fingerprint density at radius 3 is 2.20 bits per heavy atom.